The molecule has 3 heterocycles. The van der Waals surface area contributed by atoms with Crippen LogP contribution in [0.15, 0.2) is 164 Å². The Labute approximate surface area is 628 Å². The van der Waals surface area contributed by atoms with E-state index >= 15 is 0 Å². The molecular weight excluding hydrogens is 1360 g/mol. The summed E-state index contributed by atoms with van der Waals surface area (Å²) in [6.07, 6.45) is 36.7. The van der Waals surface area contributed by atoms with Gasteiger partial charge in [-0.15, -0.1) is 24.8 Å². The van der Waals surface area contributed by atoms with E-state index in [1.54, 1.807) is 83.1 Å². The van der Waals surface area contributed by atoms with Gasteiger partial charge in [-0.3, -0.25) is 9.59 Å². The summed E-state index contributed by atoms with van der Waals surface area (Å²) in [6.45, 7) is 46.3. The van der Waals surface area contributed by atoms with E-state index in [1.807, 2.05) is 102 Å². The summed E-state index contributed by atoms with van der Waals surface area (Å²) in [6, 6.07) is 39.3. The zero-order valence-corrected chi connectivity index (χ0v) is 67.1. The third kappa shape index (κ3) is 28.9. The Morgan fingerprint density at radius 3 is 1.15 bits per heavy atom. The molecule has 0 spiro atoms. The first-order chi connectivity index (χ1) is 45.9. The Balaban J connectivity index is 0.000000318. The zero-order valence-electron chi connectivity index (χ0n) is 62.9. The van der Waals surface area contributed by atoms with Gasteiger partial charge in [0, 0.05) is 74.2 Å². The third-order valence-corrected chi connectivity index (χ3v) is 24.6. The van der Waals surface area contributed by atoms with E-state index in [2.05, 4.69) is 197 Å². The molecule has 0 unspecified atom stereocenters. The first-order valence-electron chi connectivity index (χ1n) is 36.8. The minimum absolute atomic E-state index is 0. The van der Waals surface area contributed by atoms with Crippen molar-refractivity contribution in [1.29, 1.82) is 0 Å². The SMILES string of the molecule is C.C1CCC(P(C2CCCCC2)C2CCCCC2)CC1.C=CC(=O)C1=CN(CC(C)C)CCC1(C)C.C=Cc1ccccc1.CC(C)CN1C=C(C(=O)/C=C/c2ccccc2)C(C)(C)CC1.Cc1cc(C)c(N2[CH-]N(c3c(C)cc(C)cc3C)CC2)c(C)c1.Cl.Cl.[Ru+]=[CH]c1ccccc1. The Morgan fingerprint density at radius 2 is 0.848 bits per heavy atom. The normalized spacial score (nSPS) is 17.5. The van der Waals surface area contributed by atoms with E-state index in [1.165, 1.54) is 98.2 Å². The van der Waals surface area contributed by atoms with E-state index in [4.69, 9.17) is 0 Å². The van der Waals surface area contributed by atoms with Gasteiger partial charge in [0.15, 0.2) is 11.6 Å². The Kier molecular flexibility index (Phi) is 40.1. The topological polar surface area (TPSA) is 47.1 Å². The van der Waals surface area contributed by atoms with E-state index < -0.39 is 0 Å². The van der Waals surface area contributed by atoms with Crippen LogP contribution in [0.4, 0.5) is 11.4 Å². The number of nitrogens with zero attached hydrogens (tertiary/aromatic N) is 4. The Hall–Kier alpha value is -5.16. The Bertz CT molecular complexity index is 3110. The summed E-state index contributed by atoms with van der Waals surface area (Å²) in [4.78, 5) is 33.8. The fourth-order valence-electron chi connectivity index (χ4n) is 15.1. The van der Waals surface area contributed by atoms with E-state index in [9.17, 15) is 9.59 Å². The molecular formula is C89H130Cl2N4O2PRu. The molecule has 4 fully saturated rings. The van der Waals surface area contributed by atoms with Gasteiger partial charge in [-0.2, -0.15) is 6.67 Å². The average Bonchev–Trinajstić information content (AvgIpc) is 1.77. The van der Waals surface area contributed by atoms with Crippen molar-refractivity contribution < 1.29 is 27.4 Å². The van der Waals surface area contributed by atoms with Gasteiger partial charge in [-0.05, 0) is 178 Å². The van der Waals surface area contributed by atoms with Crippen molar-refractivity contribution in [1.82, 2.24) is 9.80 Å². The maximum absolute atomic E-state index is 12.6. The molecule has 545 valence electrons. The van der Waals surface area contributed by atoms with Crippen LogP contribution >= 0.6 is 32.7 Å². The molecule has 5 aromatic carbocycles. The van der Waals surface area contributed by atoms with Crippen molar-refractivity contribution in [3.05, 3.63) is 221 Å². The molecule has 99 heavy (non-hydrogen) atoms. The number of carbonyl (C=O) groups excluding carboxylic acids is 2. The molecule has 0 radical (unpaired) electrons. The quantitative estimate of drug-likeness (QED) is 0.0425. The number of carbonyl (C=O) groups is 2. The number of hydrogen-bond acceptors (Lipinski definition) is 6. The zero-order chi connectivity index (χ0) is 69.8. The van der Waals surface area contributed by atoms with Crippen LogP contribution in [-0.2, 0) is 27.4 Å². The van der Waals surface area contributed by atoms with Gasteiger partial charge in [-0.1, -0.05) is 250 Å². The summed E-state index contributed by atoms with van der Waals surface area (Å²) < 4.78 is 2.01. The number of benzene rings is 5. The average molecular weight is 1490 g/mol. The fourth-order valence-corrected chi connectivity index (χ4v) is 20.2. The molecule has 0 amide bonds. The van der Waals surface area contributed by atoms with Gasteiger partial charge >= 0.3 is 58.4 Å². The monoisotopic (exact) mass is 1490 g/mol. The van der Waals surface area contributed by atoms with Crippen molar-refractivity contribution in [2.45, 2.75) is 230 Å². The van der Waals surface area contributed by atoms with Gasteiger partial charge in [0.2, 0.25) is 0 Å². The van der Waals surface area contributed by atoms with Crippen LogP contribution in [0.1, 0.15) is 222 Å². The molecule has 0 aromatic heterocycles. The van der Waals surface area contributed by atoms with Crippen molar-refractivity contribution in [2.75, 3.05) is 49.1 Å². The van der Waals surface area contributed by atoms with Crippen LogP contribution < -0.4 is 9.80 Å². The molecule has 3 aliphatic heterocycles. The maximum atomic E-state index is 12.6. The number of hydrogen-bond donors (Lipinski definition) is 0. The molecule has 0 atom stereocenters. The summed E-state index contributed by atoms with van der Waals surface area (Å²) in [5.41, 5.74) is 19.6. The van der Waals surface area contributed by atoms with Crippen LogP contribution in [0, 0.1) is 70.9 Å². The van der Waals surface area contributed by atoms with Gasteiger partial charge < -0.3 is 19.6 Å². The molecule has 11 rings (SSSR count). The second-order valence-electron chi connectivity index (χ2n) is 30.3. The Morgan fingerprint density at radius 1 is 0.515 bits per heavy atom. The van der Waals surface area contributed by atoms with E-state index in [0.29, 0.717) is 19.8 Å². The van der Waals surface area contributed by atoms with Crippen LogP contribution in [0.25, 0.3) is 12.2 Å². The van der Waals surface area contributed by atoms with Crippen molar-refractivity contribution in [3.63, 3.8) is 0 Å². The molecule has 10 heteroatoms. The standard InChI is InChI=1S/C21H27N2.C20H27NO.C18H33P.C14H23NO.C8H8.C7H6.CH4.2ClH.Ru/c1-14-9-16(3)20(17(4)10-14)22-7-8-23(13-22)21-18(5)11-15(2)12-19(21)6;1-16(2)14-21-13-12-20(3,4)18(15-21)19(22)11-10-17-8-6-5-7-9-17;1-4-10-16(11-5-1)19(17-12-6-2-7-13-17)18-14-8-3-9-15-18;1-6-13(16)12-10-15(9-11(2)3)8-7-14(12,4)5;1-2-8-6-4-3-5-7-8;1-7-5-3-2-4-6-7;;;;/h9-13H,7-8H2,1-6H3;5-11,15-16H,12-14H2,1-4H3;16-18H,1-15H2;6,10-11H,1,7-9H2,2-5H3;2-7H,1H2;1-6H;1H4;2*1H;/q-1;;;;;;;;;+1/b;11-10+;;;;;;;;. The third-order valence-electron chi connectivity index (χ3n) is 19.9. The van der Waals surface area contributed by atoms with Gasteiger partial charge in [0.25, 0.3) is 0 Å². The van der Waals surface area contributed by atoms with Crippen LogP contribution in [0.5, 0.6) is 0 Å². The van der Waals surface area contributed by atoms with Gasteiger partial charge in [0.05, 0.1) is 0 Å². The summed E-state index contributed by atoms with van der Waals surface area (Å²) in [7, 11) is 0.385. The second kappa shape index (κ2) is 45.1. The van der Waals surface area contributed by atoms with Crippen LogP contribution in [0.3, 0.4) is 0 Å². The van der Waals surface area contributed by atoms with Crippen molar-refractivity contribution >= 4 is 72.4 Å². The number of halogens is 2. The minimum atomic E-state index is -0.0500. The van der Waals surface area contributed by atoms with Crippen LogP contribution in [-0.4, -0.2) is 82.2 Å². The summed E-state index contributed by atoms with van der Waals surface area (Å²) in [5.74, 6) is 1.42. The van der Waals surface area contributed by atoms with Crippen molar-refractivity contribution in [2.24, 2.45) is 22.7 Å². The number of aryl methyl sites for hydroxylation is 6. The van der Waals surface area contributed by atoms with Gasteiger partial charge in [-0.25, -0.2) is 0 Å². The van der Waals surface area contributed by atoms with Gasteiger partial charge in [0.1, 0.15) is 0 Å². The molecule has 5 aromatic rings. The molecule has 3 saturated carbocycles. The van der Waals surface area contributed by atoms with E-state index in [-0.39, 0.29) is 54.6 Å². The first kappa shape index (κ1) is 88.1. The molecule has 3 aliphatic carbocycles. The molecule has 6 nitrogen and oxygen atoms in total. The first-order valence-corrected chi connectivity index (χ1v) is 39.3. The number of ketones is 2. The molecule has 1 saturated heterocycles. The number of allylic oxidation sites excluding steroid dienone is 4. The predicted molar refractivity (Wildman–Crippen MR) is 439 cm³/mol. The van der Waals surface area contributed by atoms with E-state index in [0.717, 1.165) is 68.8 Å². The van der Waals surface area contributed by atoms with Crippen molar-refractivity contribution in [3.8, 4) is 0 Å². The summed E-state index contributed by atoms with van der Waals surface area (Å²) >= 11 is 2.48. The molecule has 0 bridgehead atoms. The predicted octanol–water partition coefficient (Wildman–Crippen LogP) is 24.2. The number of rotatable bonds is 16. The molecule has 6 aliphatic rings. The molecule has 0 N–H and O–H groups in total. The summed E-state index contributed by atoms with van der Waals surface area (Å²) in [5, 5.41) is 0. The second-order valence-corrected chi connectivity index (χ2v) is 33.8. The number of anilines is 2. The van der Waals surface area contributed by atoms with Crippen LogP contribution in [0.2, 0.25) is 0 Å². The fraction of sp³-hybridized carbons (Fsp3) is 0.506.